The zero-order valence-corrected chi connectivity index (χ0v) is 23.7. The summed E-state index contributed by atoms with van der Waals surface area (Å²) < 4.78 is 24.7. The van der Waals surface area contributed by atoms with E-state index in [4.69, 9.17) is 30.9 Å². The van der Waals surface area contributed by atoms with Crippen LogP contribution in [-0.4, -0.2) is 118 Å². The molecule has 6 heterocycles. The molecule has 4 N–H and O–H groups in total. The lowest BCUT2D eigenvalue weighted by molar-refractivity contribution is -0.0658. The van der Waals surface area contributed by atoms with Crippen molar-refractivity contribution in [1.82, 2.24) is 34.4 Å². The molecular formula is C23H30ClN8O8P. The minimum absolute atomic E-state index is 0.0351. The van der Waals surface area contributed by atoms with Crippen LogP contribution in [0.25, 0.3) is 11.0 Å². The number of rotatable bonds is 7. The van der Waals surface area contributed by atoms with Crippen LogP contribution in [0.3, 0.4) is 0 Å². The van der Waals surface area contributed by atoms with E-state index in [1.165, 1.54) is 10.9 Å². The first-order valence-electron chi connectivity index (χ1n) is 13.0. The number of aromatic nitrogens is 6. The quantitative estimate of drug-likeness (QED) is 0.201. The number of piperidine rings is 1. The molecule has 0 saturated carbocycles. The molecule has 3 aliphatic heterocycles. The molecule has 0 unspecified atom stereocenters. The largest absolute Gasteiger partial charge is 0.387 e. The molecule has 222 valence electrons. The topological polar surface area (TPSA) is 201 Å². The van der Waals surface area contributed by atoms with Crippen LogP contribution in [-0.2, 0) is 21.1 Å². The molecule has 3 fully saturated rings. The Kier molecular flexibility index (Phi) is 7.31. The van der Waals surface area contributed by atoms with E-state index in [9.17, 15) is 19.6 Å². The molecule has 3 aromatic rings. The summed E-state index contributed by atoms with van der Waals surface area (Å²) in [7, 11) is -2.63. The summed E-state index contributed by atoms with van der Waals surface area (Å²) >= 11 is 6.30. The van der Waals surface area contributed by atoms with Crippen molar-refractivity contribution < 1.29 is 38.8 Å². The van der Waals surface area contributed by atoms with E-state index in [0.717, 1.165) is 12.8 Å². The molecule has 0 aliphatic carbocycles. The summed E-state index contributed by atoms with van der Waals surface area (Å²) in [4.78, 5) is 43.7. The molecule has 41 heavy (non-hydrogen) atoms. The van der Waals surface area contributed by atoms with E-state index in [1.807, 2.05) is 4.90 Å². The second-order valence-corrected chi connectivity index (χ2v) is 12.9. The molecule has 4 atom stereocenters. The zero-order valence-electron chi connectivity index (χ0n) is 22.0. The summed E-state index contributed by atoms with van der Waals surface area (Å²) in [5.74, 6) is 0.522. The zero-order chi connectivity index (χ0) is 29.1. The Balaban J connectivity index is 1.17. The van der Waals surface area contributed by atoms with Crippen LogP contribution in [0.5, 0.6) is 0 Å². The normalized spacial score (nSPS) is 26.2. The van der Waals surface area contributed by atoms with Gasteiger partial charge in [0.2, 0.25) is 5.28 Å². The number of hydrogen-bond donors (Lipinski definition) is 4. The van der Waals surface area contributed by atoms with Crippen molar-refractivity contribution in [3.63, 3.8) is 0 Å². The van der Waals surface area contributed by atoms with Crippen molar-refractivity contribution in [3.05, 3.63) is 29.4 Å². The molecular weight excluding hydrogens is 583 g/mol. The first-order valence-corrected chi connectivity index (χ1v) is 15.2. The number of aryl methyl sites for hydroxylation is 1. The van der Waals surface area contributed by atoms with E-state index < -0.39 is 38.5 Å². The summed E-state index contributed by atoms with van der Waals surface area (Å²) in [6, 6.07) is 0. The van der Waals surface area contributed by atoms with Gasteiger partial charge in [0.05, 0.1) is 30.0 Å². The third-order valence-electron chi connectivity index (χ3n) is 7.78. The second kappa shape index (κ2) is 10.5. The number of ether oxygens (including phenoxy) is 2. The van der Waals surface area contributed by atoms with Crippen LogP contribution in [0.2, 0.25) is 5.28 Å². The number of carbonyl (C=O) groups excluding carboxylic acids is 1. The molecule has 0 radical (unpaired) electrons. The number of aliphatic hydroxyl groups is 2. The standard InChI is InChI=1S/C23H30ClN8O8P/c1-29-7-13(5-25-29)20(35)30-4-2-3-23(9-30)10-31(11-23)18-14-6-26-32(19(14)28-22(24)27-18)21-17(34)16(33)15(40-21)8-39-12-41(36,37)38/h5-7,15-17,21,33-34H,2-4,8-12H2,1H3,(H2,36,37,38)/t15-,16-,17-,21-/m1/s1. The Morgan fingerprint density at radius 1 is 1.20 bits per heavy atom. The highest BCUT2D eigenvalue weighted by Crippen LogP contribution is 2.43. The average Bonchev–Trinajstić information content (AvgIpc) is 3.59. The van der Waals surface area contributed by atoms with E-state index in [0.29, 0.717) is 42.9 Å². The van der Waals surface area contributed by atoms with E-state index >= 15 is 0 Å². The SMILES string of the molecule is Cn1cc(C(=O)N2CCCC3(C2)CN(c2nc(Cl)nc4c2cnn4[C@@H]2O[C@H](COCP(=O)(O)O)[C@@H](O)[C@H]2O)C3)cn1. The number of anilines is 1. The van der Waals surface area contributed by atoms with Gasteiger partial charge in [0.15, 0.2) is 11.9 Å². The van der Waals surface area contributed by atoms with E-state index in [-0.39, 0.29) is 28.9 Å². The van der Waals surface area contributed by atoms with Gasteiger partial charge in [0.25, 0.3) is 5.91 Å². The van der Waals surface area contributed by atoms with Crippen LogP contribution in [0.15, 0.2) is 18.6 Å². The van der Waals surface area contributed by atoms with Crippen LogP contribution in [0.1, 0.15) is 29.4 Å². The molecule has 3 aromatic heterocycles. The van der Waals surface area contributed by atoms with Crippen molar-refractivity contribution in [3.8, 4) is 0 Å². The summed E-state index contributed by atoms with van der Waals surface area (Å²) in [6.45, 7) is 2.25. The Hall–Kier alpha value is -2.69. The van der Waals surface area contributed by atoms with Gasteiger partial charge in [0.1, 0.15) is 30.5 Å². The monoisotopic (exact) mass is 612 g/mol. The van der Waals surface area contributed by atoms with Gasteiger partial charge in [-0.2, -0.15) is 20.2 Å². The lowest BCUT2D eigenvalue weighted by Gasteiger charge is -2.55. The first-order chi connectivity index (χ1) is 19.4. The molecule has 16 nitrogen and oxygen atoms in total. The van der Waals surface area contributed by atoms with Crippen molar-refractivity contribution in [2.24, 2.45) is 12.5 Å². The Morgan fingerprint density at radius 3 is 2.68 bits per heavy atom. The fourth-order valence-electron chi connectivity index (χ4n) is 5.94. The molecule has 6 rings (SSSR count). The van der Waals surface area contributed by atoms with Crippen molar-refractivity contribution in [2.75, 3.05) is 44.0 Å². The van der Waals surface area contributed by atoms with Gasteiger partial charge in [-0.25, -0.2) is 4.68 Å². The van der Waals surface area contributed by atoms with E-state index in [1.54, 1.807) is 24.1 Å². The number of halogens is 1. The van der Waals surface area contributed by atoms with Gasteiger partial charge in [-0.05, 0) is 24.4 Å². The van der Waals surface area contributed by atoms with Crippen molar-refractivity contribution in [2.45, 2.75) is 37.4 Å². The maximum absolute atomic E-state index is 13.0. The first kappa shape index (κ1) is 28.4. The number of hydrogen-bond acceptors (Lipinski definition) is 11. The highest BCUT2D eigenvalue weighted by Gasteiger charge is 2.49. The van der Waals surface area contributed by atoms with Gasteiger partial charge in [-0.15, -0.1) is 0 Å². The number of carbonyl (C=O) groups is 1. The highest BCUT2D eigenvalue weighted by molar-refractivity contribution is 7.51. The fraction of sp³-hybridized carbons (Fsp3) is 0.609. The van der Waals surface area contributed by atoms with E-state index in [2.05, 4.69) is 25.1 Å². The summed E-state index contributed by atoms with van der Waals surface area (Å²) in [5, 5.41) is 30.1. The van der Waals surface area contributed by atoms with Crippen LogP contribution >= 0.6 is 19.2 Å². The Labute approximate surface area is 238 Å². The fourth-order valence-corrected chi connectivity index (χ4v) is 6.44. The summed E-state index contributed by atoms with van der Waals surface area (Å²) in [6.07, 6.45) is 0.807. The van der Waals surface area contributed by atoms with Crippen LogP contribution in [0.4, 0.5) is 5.82 Å². The number of aliphatic hydroxyl groups excluding tert-OH is 2. The minimum Gasteiger partial charge on any atom is -0.387 e. The summed E-state index contributed by atoms with van der Waals surface area (Å²) in [5.41, 5.74) is 0.755. The molecule has 0 bridgehead atoms. The molecule has 18 heteroatoms. The van der Waals surface area contributed by atoms with Gasteiger partial charge < -0.3 is 39.3 Å². The lowest BCUT2D eigenvalue weighted by Crippen LogP contribution is -2.64. The lowest BCUT2D eigenvalue weighted by atomic mass is 9.73. The van der Waals surface area contributed by atoms with Crippen molar-refractivity contribution in [1.29, 1.82) is 0 Å². The highest BCUT2D eigenvalue weighted by atomic mass is 35.5. The smallest absolute Gasteiger partial charge is 0.350 e. The molecule has 3 aliphatic rings. The van der Waals surface area contributed by atoms with Gasteiger partial charge >= 0.3 is 7.60 Å². The van der Waals surface area contributed by atoms with Gasteiger partial charge in [-0.1, -0.05) is 0 Å². The second-order valence-electron chi connectivity index (χ2n) is 10.9. The maximum Gasteiger partial charge on any atom is 0.350 e. The van der Waals surface area contributed by atoms with Gasteiger partial charge in [-0.3, -0.25) is 14.0 Å². The third kappa shape index (κ3) is 5.46. The molecule has 1 spiro atoms. The van der Waals surface area contributed by atoms with Crippen LogP contribution < -0.4 is 4.90 Å². The Bertz CT molecular complexity index is 1510. The molecule has 1 amide bonds. The van der Waals surface area contributed by atoms with Gasteiger partial charge in [0, 0.05) is 44.8 Å². The minimum atomic E-state index is -4.40. The number of fused-ring (bicyclic) bond motifs is 1. The predicted molar refractivity (Wildman–Crippen MR) is 142 cm³/mol. The molecule has 0 aromatic carbocycles. The number of amides is 1. The number of likely N-dealkylation sites (tertiary alicyclic amines) is 1. The van der Waals surface area contributed by atoms with Crippen molar-refractivity contribution >= 4 is 42.0 Å². The Morgan fingerprint density at radius 2 is 1.98 bits per heavy atom. The van der Waals surface area contributed by atoms with Crippen LogP contribution in [0, 0.1) is 5.41 Å². The predicted octanol–water partition coefficient (Wildman–Crippen LogP) is -0.273. The third-order valence-corrected chi connectivity index (χ3v) is 8.47. The number of nitrogens with zero attached hydrogens (tertiary/aromatic N) is 8. The maximum atomic E-state index is 13.0. The average molecular weight is 613 g/mol. The molecule has 3 saturated heterocycles.